The summed E-state index contributed by atoms with van der Waals surface area (Å²) < 4.78 is 0. The maximum Gasteiger partial charge on any atom is 0.0792 e. The maximum atomic E-state index is 10.2. The smallest absolute Gasteiger partial charge is 0.0792 e. The van der Waals surface area contributed by atoms with Gasteiger partial charge in [-0.3, -0.25) is 0 Å². The molecule has 0 rings (SSSR count). The van der Waals surface area contributed by atoms with Crippen molar-refractivity contribution in [3.63, 3.8) is 0 Å². The molecule has 3 N–H and O–H groups in total. The van der Waals surface area contributed by atoms with Crippen LogP contribution in [0.3, 0.4) is 0 Å². The summed E-state index contributed by atoms with van der Waals surface area (Å²) in [6.45, 7) is 6.71. The van der Waals surface area contributed by atoms with Crippen LogP contribution in [0.25, 0.3) is 0 Å². The van der Waals surface area contributed by atoms with E-state index in [1.807, 2.05) is 13.8 Å². The average Bonchev–Trinajstić information content (AvgIpc) is 2.22. The Morgan fingerprint density at radius 3 is 2.07 bits per heavy atom. The Morgan fingerprint density at radius 2 is 1.60 bits per heavy atom. The monoisotopic (exact) mass is 215 g/mol. The van der Waals surface area contributed by atoms with Crippen molar-refractivity contribution in [1.82, 2.24) is 0 Å². The molecule has 2 heteroatoms. The highest BCUT2D eigenvalue weighted by atomic mass is 16.3. The van der Waals surface area contributed by atoms with E-state index in [2.05, 4.69) is 6.92 Å². The third-order valence-electron chi connectivity index (χ3n) is 3.39. The number of hydrogen-bond acceptors (Lipinski definition) is 2. The molecule has 0 fully saturated rings. The van der Waals surface area contributed by atoms with Gasteiger partial charge in [0.1, 0.15) is 0 Å². The van der Waals surface area contributed by atoms with E-state index in [4.69, 9.17) is 5.73 Å². The van der Waals surface area contributed by atoms with Crippen LogP contribution in [0.1, 0.15) is 65.7 Å². The summed E-state index contributed by atoms with van der Waals surface area (Å²) in [7, 11) is 0. The fraction of sp³-hybridized carbons (Fsp3) is 1.00. The summed E-state index contributed by atoms with van der Waals surface area (Å²) in [6.07, 6.45) is 8.45. The molecule has 1 atom stereocenters. The molecular weight excluding hydrogens is 186 g/mol. The van der Waals surface area contributed by atoms with E-state index >= 15 is 0 Å². The van der Waals surface area contributed by atoms with E-state index in [-0.39, 0.29) is 5.92 Å². The van der Waals surface area contributed by atoms with E-state index in [9.17, 15) is 5.11 Å². The minimum Gasteiger partial charge on any atom is -0.388 e. The summed E-state index contributed by atoms with van der Waals surface area (Å²) in [6, 6.07) is 0. The molecule has 0 spiro atoms. The zero-order valence-electron chi connectivity index (χ0n) is 10.8. The van der Waals surface area contributed by atoms with Crippen molar-refractivity contribution >= 4 is 0 Å². The molecule has 0 bridgehead atoms. The zero-order chi connectivity index (χ0) is 11.7. The van der Waals surface area contributed by atoms with Crippen LogP contribution in [-0.2, 0) is 0 Å². The molecule has 0 amide bonds. The molecule has 0 aliphatic rings. The van der Waals surface area contributed by atoms with Crippen molar-refractivity contribution in [1.29, 1.82) is 0 Å². The highest BCUT2D eigenvalue weighted by Crippen LogP contribution is 2.23. The lowest BCUT2D eigenvalue weighted by Crippen LogP contribution is -2.42. The summed E-state index contributed by atoms with van der Waals surface area (Å²) in [5, 5.41) is 10.2. The highest BCUT2D eigenvalue weighted by molar-refractivity contribution is 4.82. The van der Waals surface area contributed by atoms with Gasteiger partial charge < -0.3 is 10.8 Å². The molecule has 0 aliphatic heterocycles. The van der Waals surface area contributed by atoms with Gasteiger partial charge in [0.25, 0.3) is 0 Å². The van der Waals surface area contributed by atoms with Crippen LogP contribution in [0.5, 0.6) is 0 Å². The number of unbranched alkanes of at least 4 members (excludes halogenated alkanes) is 5. The number of hydrogen-bond donors (Lipinski definition) is 2. The fourth-order valence-electron chi connectivity index (χ4n) is 1.84. The zero-order valence-corrected chi connectivity index (χ0v) is 10.8. The third kappa shape index (κ3) is 6.16. The summed E-state index contributed by atoms with van der Waals surface area (Å²) in [5.41, 5.74) is 4.99. The third-order valence-corrected chi connectivity index (χ3v) is 3.39. The molecule has 1 unspecified atom stereocenters. The van der Waals surface area contributed by atoms with Crippen molar-refractivity contribution < 1.29 is 5.11 Å². The van der Waals surface area contributed by atoms with Gasteiger partial charge in [-0.25, -0.2) is 0 Å². The molecule has 0 aliphatic carbocycles. The molecule has 0 saturated heterocycles. The van der Waals surface area contributed by atoms with Crippen LogP contribution in [-0.4, -0.2) is 17.3 Å². The lowest BCUT2D eigenvalue weighted by molar-refractivity contribution is -0.00649. The Kier molecular flexibility index (Phi) is 8.07. The van der Waals surface area contributed by atoms with Crippen LogP contribution >= 0.6 is 0 Å². The first kappa shape index (κ1) is 14.9. The quantitative estimate of drug-likeness (QED) is 0.581. The normalized spacial score (nSPS) is 15.6. The lowest BCUT2D eigenvalue weighted by atomic mass is 9.85. The SMILES string of the molecule is CCCCCCCCC(O)(CN)C(C)C. The highest BCUT2D eigenvalue weighted by Gasteiger charge is 2.28. The van der Waals surface area contributed by atoms with E-state index in [0.29, 0.717) is 6.54 Å². The first-order chi connectivity index (χ1) is 7.06. The van der Waals surface area contributed by atoms with E-state index in [1.165, 1.54) is 32.1 Å². The van der Waals surface area contributed by atoms with Gasteiger partial charge in [0.05, 0.1) is 5.60 Å². The van der Waals surface area contributed by atoms with Crippen molar-refractivity contribution in [3.8, 4) is 0 Å². The minimum atomic E-state index is -0.634. The van der Waals surface area contributed by atoms with Gasteiger partial charge in [-0.1, -0.05) is 59.3 Å². The predicted octanol–water partition coefficient (Wildman–Crippen LogP) is 3.08. The number of aliphatic hydroxyl groups is 1. The Morgan fingerprint density at radius 1 is 1.07 bits per heavy atom. The van der Waals surface area contributed by atoms with E-state index in [1.54, 1.807) is 0 Å². The largest absolute Gasteiger partial charge is 0.388 e. The van der Waals surface area contributed by atoms with Gasteiger partial charge in [-0.05, 0) is 12.3 Å². The Labute approximate surface area is 95.3 Å². The van der Waals surface area contributed by atoms with Crippen LogP contribution < -0.4 is 5.73 Å². The second-order valence-corrected chi connectivity index (χ2v) is 4.98. The first-order valence-corrected chi connectivity index (χ1v) is 6.49. The average molecular weight is 215 g/mol. The molecule has 0 aromatic carbocycles. The van der Waals surface area contributed by atoms with Gasteiger partial charge in [-0.15, -0.1) is 0 Å². The molecule has 92 valence electrons. The fourth-order valence-corrected chi connectivity index (χ4v) is 1.84. The van der Waals surface area contributed by atoms with Gasteiger partial charge in [-0.2, -0.15) is 0 Å². The van der Waals surface area contributed by atoms with Gasteiger partial charge >= 0.3 is 0 Å². The van der Waals surface area contributed by atoms with Gasteiger partial charge in [0.2, 0.25) is 0 Å². The predicted molar refractivity (Wildman–Crippen MR) is 66.8 cm³/mol. The van der Waals surface area contributed by atoms with E-state index in [0.717, 1.165) is 12.8 Å². The number of nitrogens with two attached hydrogens (primary N) is 1. The molecule has 0 aromatic heterocycles. The Balaban J connectivity index is 3.55. The Bertz CT molecular complexity index is 147. The topological polar surface area (TPSA) is 46.2 Å². The molecule has 2 nitrogen and oxygen atoms in total. The summed E-state index contributed by atoms with van der Waals surface area (Å²) in [5.74, 6) is 0.262. The second kappa shape index (κ2) is 8.12. The molecular formula is C13H29NO. The van der Waals surface area contributed by atoms with Crippen molar-refractivity contribution in [2.24, 2.45) is 11.7 Å². The minimum absolute atomic E-state index is 0.262. The molecule has 0 aromatic rings. The Hall–Kier alpha value is -0.0800. The molecule has 0 saturated carbocycles. The molecule has 0 radical (unpaired) electrons. The van der Waals surface area contributed by atoms with Gasteiger partial charge in [0.15, 0.2) is 0 Å². The number of rotatable bonds is 9. The first-order valence-electron chi connectivity index (χ1n) is 6.49. The second-order valence-electron chi connectivity index (χ2n) is 4.98. The summed E-state index contributed by atoms with van der Waals surface area (Å²) >= 11 is 0. The standard InChI is InChI=1S/C13H29NO/c1-4-5-6-7-8-9-10-13(15,11-14)12(2)3/h12,15H,4-11,14H2,1-3H3. The van der Waals surface area contributed by atoms with Crippen molar-refractivity contribution in [2.75, 3.05) is 6.54 Å². The maximum absolute atomic E-state index is 10.2. The van der Waals surface area contributed by atoms with Crippen LogP contribution in [0.4, 0.5) is 0 Å². The van der Waals surface area contributed by atoms with Crippen LogP contribution in [0.2, 0.25) is 0 Å². The summed E-state index contributed by atoms with van der Waals surface area (Å²) in [4.78, 5) is 0. The van der Waals surface area contributed by atoms with E-state index < -0.39 is 5.60 Å². The van der Waals surface area contributed by atoms with Crippen LogP contribution in [0.15, 0.2) is 0 Å². The molecule has 0 heterocycles. The van der Waals surface area contributed by atoms with Crippen LogP contribution in [0, 0.1) is 5.92 Å². The van der Waals surface area contributed by atoms with Gasteiger partial charge in [0, 0.05) is 6.54 Å². The lowest BCUT2D eigenvalue weighted by Gasteiger charge is -2.30. The van der Waals surface area contributed by atoms with Crippen molar-refractivity contribution in [3.05, 3.63) is 0 Å². The molecule has 15 heavy (non-hydrogen) atoms. The van der Waals surface area contributed by atoms with Crippen molar-refractivity contribution in [2.45, 2.75) is 71.3 Å².